The molecule has 7 nitrogen and oxygen atoms in total. The number of carbonyl (C=O) groups is 2. The van der Waals surface area contributed by atoms with E-state index in [1.807, 2.05) is 0 Å². The van der Waals surface area contributed by atoms with Gasteiger partial charge in [0.15, 0.2) is 11.5 Å². The fourth-order valence-electron chi connectivity index (χ4n) is 3.46. The monoisotopic (exact) mass is 276 g/mol. The van der Waals surface area contributed by atoms with Gasteiger partial charge in [0.05, 0.1) is 5.41 Å². The highest BCUT2D eigenvalue weighted by Crippen LogP contribution is 2.49. The van der Waals surface area contributed by atoms with Crippen LogP contribution in [0.25, 0.3) is 0 Å². The Morgan fingerprint density at radius 2 is 2.15 bits per heavy atom. The highest BCUT2D eigenvalue weighted by atomic mass is 16.4. The number of carbonyl (C=O) groups excluding carboxylic acids is 1. The maximum atomic E-state index is 12.4. The van der Waals surface area contributed by atoms with Crippen LogP contribution in [0.5, 0.6) is 0 Å². The van der Waals surface area contributed by atoms with E-state index in [2.05, 4.69) is 9.97 Å². The molecule has 2 fully saturated rings. The van der Waals surface area contributed by atoms with Crippen LogP contribution in [0.2, 0.25) is 0 Å². The van der Waals surface area contributed by atoms with Crippen molar-refractivity contribution >= 4 is 17.7 Å². The predicted octanol–water partition coefficient (Wildman–Crippen LogP) is 0.386. The summed E-state index contributed by atoms with van der Waals surface area (Å²) in [5.74, 6) is -1.02. The first kappa shape index (κ1) is 12.8. The predicted molar refractivity (Wildman–Crippen MR) is 69.8 cm³/mol. The molecular formula is C13H16N4O3. The number of anilines is 1. The van der Waals surface area contributed by atoms with Crippen LogP contribution in [-0.4, -0.2) is 44.9 Å². The van der Waals surface area contributed by atoms with Gasteiger partial charge in [-0.05, 0) is 18.8 Å². The van der Waals surface area contributed by atoms with E-state index < -0.39 is 11.4 Å². The third-order valence-corrected chi connectivity index (χ3v) is 4.51. The molecule has 20 heavy (non-hydrogen) atoms. The lowest BCUT2D eigenvalue weighted by molar-refractivity contribution is -0.149. The number of rotatable bonds is 2. The summed E-state index contributed by atoms with van der Waals surface area (Å²) in [4.78, 5) is 33.4. The smallest absolute Gasteiger partial charge is 0.311 e. The lowest BCUT2D eigenvalue weighted by atomic mass is 9.81. The molecule has 1 aliphatic heterocycles. The van der Waals surface area contributed by atoms with Gasteiger partial charge in [-0.25, -0.2) is 9.97 Å². The summed E-state index contributed by atoms with van der Waals surface area (Å²) in [5.41, 5.74) is 4.98. The van der Waals surface area contributed by atoms with E-state index in [1.165, 1.54) is 12.4 Å². The molecule has 7 heteroatoms. The van der Waals surface area contributed by atoms with Gasteiger partial charge in [0.2, 0.25) is 0 Å². The number of nitrogens with zero attached hydrogens (tertiary/aromatic N) is 3. The number of aliphatic carboxylic acids is 1. The van der Waals surface area contributed by atoms with Crippen molar-refractivity contribution in [1.82, 2.24) is 14.9 Å². The standard InChI is InChI=1S/C13H16N4O3/c14-10-9(15-4-5-16-10)11(18)17-6-8-2-1-3-13(8,7-17)12(19)20/h4-5,8H,1-3,6-7H2,(H2,14,16)(H,19,20)/t8-,13+/m0/s1. The largest absolute Gasteiger partial charge is 0.481 e. The fourth-order valence-corrected chi connectivity index (χ4v) is 3.46. The van der Waals surface area contributed by atoms with Crippen molar-refractivity contribution in [3.63, 3.8) is 0 Å². The van der Waals surface area contributed by atoms with Crippen molar-refractivity contribution in [2.24, 2.45) is 11.3 Å². The van der Waals surface area contributed by atoms with Crippen LogP contribution in [0.4, 0.5) is 5.82 Å². The zero-order valence-electron chi connectivity index (χ0n) is 11.0. The third-order valence-electron chi connectivity index (χ3n) is 4.51. The molecule has 2 aliphatic rings. The van der Waals surface area contributed by atoms with Gasteiger partial charge in [-0.3, -0.25) is 9.59 Å². The van der Waals surface area contributed by atoms with Gasteiger partial charge >= 0.3 is 5.97 Å². The number of likely N-dealkylation sites (tertiary alicyclic amines) is 1. The number of aromatic nitrogens is 2. The molecule has 2 atom stereocenters. The van der Waals surface area contributed by atoms with E-state index in [0.29, 0.717) is 13.0 Å². The number of fused-ring (bicyclic) bond motifs is 1. The Kier molecular flexibility index (Phi) is 2.84. The van der Waals surface area contributed by atoms with Crippen LogP contribution in [0.1, 0.15) is 29.8 Å². The zero-order valence-corrected chi connectivity index (χ0v) is 11.0. The van der Waals surface area contributed by atoms with Crippen molar-refractivity contribution in [2.75, 3.05) is 18.8 Å². The second-order valence-electron chi connectivity index (χ2n) is 5.53. The summed E-state index contributed by atoms with van der Waals surface area (Å²) < 4.78 is 0. The molecule has 0 unspecified atom stereocenters. The fraction of sp³-hybridized carbons (Fsp3) is 0.538. The van der Waals surface area contributed by atoms with Crippen LogP contribution in [-0.2, 0) is 4.79 Å². The summed E-state index contributed by atoms with van der Waals surface area (Å²) in [6.45, 7) is 0.697. The lowest BCUT2D eigenvalue weighted by Crippen LogP contribution is -2.37. The maximum Gasteiger partial charge on any atom is 0.311 e. The Bertz CT molecular complexity index is 576. The van der Waals surface area contributed by atoms with Gasteiger partial charge in [0.1, 0.15) is 0 Å². The van der Waals surface area contributed by atoms with Gasteiger partial charge < -0.3 is 15.7 Å². The van der Waals surface area contributed by atoms with Gasteiger partial charge in [-0.1, -0.05) is 6.42 Å². The van der Waals surface area contributed by atoms with Crippen LogP contribution in [0.3, 0.4) is 0 Å². The van der Waals surface area contributed by atoms with E-state index in [9.17, 15) is 14.7 Å². The van der Waals surface area contributed by atoms with Crippen LogP contribution >= 0.6 is 0 Å². The number of hydrogen-bond acceptors (Lipinski definition) is 5. The van der Waals surface area contributed by atoms with Crippen LogP contribution in [0.15, 0.2) is 12.4 Å². The molecule has 0 radical (unpaired) electrons. The lowest BCUT2D eigenvalue weighted by Gasteiger charge is -2.23. The van der Waals surface area contributed by atoms with Gasteiger partial charge in [0.25, 0.3) is 5.91 Å². The Labute approximate surface area is 115 Å². The number of carboxylic acid groups (broad SMARTS) is 1. The molecule has 2 heterocycles. The Hall–Kier alpha value is -2.18. The van der Waals surface area contributed by atoms with Crippen LogP contribution in [0, 0.1) is 11.3 Å². The first-order valence-electron chi connectivity index (χ1n) is 6.64. The summed E-state index contributed by atoms with van der Waals surface area (Å²) in [7, 11) is 0. The minimum atomic E-state index is -0.803. The quantitative estimate of drug-likeness (QED) is 0.808. The minimum absolute atomic E-state index is 0.0295. The van der Waals surface area contributed by atoms with Crippen LogP contribution < -0.4 is 5.73 Å². The molecule has 3 N–H and O–H groups in total. The van der Waals surface area contributed by atoms with Crippen molar-refractivity contribution in [3.8, 4) is 0 Å². The SMILES string of the molecule is Nc1nccnc1C(=O)N1C[C@@H]2CCC[C@@]2(C(=O)O)C1. The average Bonchev–Trinajstić information content (AvgIpc) is 2.96. The Morgan fingerprint density at radius 3 is 2.80 bits per heavy atom. The molecule has 106 valence electrons. The number of hydrogen-bond donors (Lipinski definition) is 2. The highest BCUT2D eigenvalue weighted by Gasteiger charge is 2.56. The van der Waals surface area contributed by atoms with E-state index >= 15 is 0 Å². The molecule has 1 aromatic heterocycles. The number of amides is 1. The average molecular weight is 276 g/mol. The first-order valence-corrected chi connectivity index (χ1v) is 6.64. The normalized spacial score (nSPS) is 28.4. The highest BCUT2D eigenvalue weighted by molar-refractivity contribution is 5.97. The number of nitrogen functional groups attached to an aromatic ring is 1. The first-order chi connectivity index (χ1) is 9.54. The van der Waals surface area contributed by atoms with Gasteiger partial charge in [0, 0.05) is 25.5 Å². The number of nitrogens with two attached hydrogens (primary N) is 1. The van der Waals surface area contributed by atoms with E-state index in [4.69, 9.17) is 5.73 Å². The molecule has 1 saturated carbocycles. The Morgan fingerprint density at radius 1 is 1.40 bits per heavy atom. The Balaban J connectivity index is 1.86. The molecule has 1 saturated heterocycles. The maximum absolute atomic E-state index is 12.4. The molecule has 3 rings (SSSR count). The van der Waals surface area contributed by atoms with Gasteiger partial charge in [-0.2, -0.15) is 0 Å². The topological polar surface area (TPSA) is 109 Å². The van der Waals surface area contributed by atoms with E-state index in [-0.39, 0.29) is 29.9 Å². The van der Waals surface area contributed by atoms with Crippen molar-refractivity contribution in [2.45, 2.75) is 19.3 Å². The second kappa shape index (κ2) is 4.43. The summed E-state index contributed by atoms with van der Waals surface area (Å²) in [6.07, 6.45) is 5.22. The molecule has 0 spiro atoms. The summed E-state index contributed by atoms with van der Waals surface area (Å²) in [5, 5.41) is 9.51. The summed E-state index contributed by atoms with van der Waals surface area (Å²) >= 11 is 0. The minimum Gasteiger partial charge on any atom is -0.481 e. The molecule has 1 amide bonds. The molecular weight excluding hydrogens is 260 g/mol. The summed E-state index contributed by atoms with van der Waals surface area (Å²) in [6, 6.07) is 0. The van der Waals surface area contributed by atoms with Crippen molar-refractivity contribution in [1.29, 1.82) is 0 Å². The van der Waals surface area contributed by atoms with Crippen molar-refractivity contribution < 1.29 is 14.7 Å². The molecule has 1 aromatic rings. The molecule has 0 bridgehead atoms. The molecule has 1 aliphatic carbocycles. The van der Waals surface area contributed by atoms with E-state index in [1.54, 1.807) is 4.90 Å². The molecule has 0 aromatic carbocycles. The van der Waals surface area contributed by atoms with Crippen molar-refractivity contribution in [3.05, 3.63) is 18.1 Å². The van der Waals surface area contributed by atoms with Gasteiger partial charge in [-0.15, -0.1) is 0 Å². The zero-order chi connectivity index (χ0) is 14.3. The van der Waals surface area contributed by atoms with E-state index in [0.717, 1.165) is 12.8 Å². The third kappa shape index (κ3) is 1.73. The number of carboxylic acids is 1. The second-order valence-corrected chi connectivity index (χ2v) is 5.53.